The second-order valence-corrected chi connectivity index (χ2v) is 7.25. The summed E-state index contributed by atoms with van der Waals surface area (Å²) in [5, 5.41) is 9.56. The van der Waals surface area contributed by atoms with Crippen molar-refractivity contribution >= 4 is 21.6 Å². The van der Waals surface area contributed by atoms with E-state index in [1.807, 2.05) is 0 Å². The van der Waals surface area contributed by atoms with Crippen molar-refractivity contribution in [2.45, 2.75) is 6.04 Å². The zero-order chi connectivity index (χ0) is 15.6. The van der Waals surface area contributed by atoms with Gasteiger partial charge in [0.15, 0.2) is 0 Å². The molecule has 114 valence electrons. The van der Waals surface area contributed by atoms with E-state index in [0.717, 1.165) is 6.26 Å². The van der Waals surface area contributed by atoms with Gasteiger partial charge in [-0.25, -0.2) is 12.8 Å². The summed E-state index contributed by atoms with van der Waals surface area (Å²) >= 11 is 6.00. The fraction of sp³-hybridized carbons (Fsp3) is 0.462. The molecule has 0 amide bonds. The highest BCUT2D eigenvalue weighted by Crippen LogP contribution is 2.30. The minimum absolute atomic E-state index is 0.148. The Morgan fingerprint density at radius 2 is 1.95 bits per heavy atom. The lowest BCUT2D eigenvalue weighted by molar-refractivity contribution is 0.161. The van der Waals surface area contributed by atoms with Crippen LogP contribution in [0.2, 0.25) is 5.02 Å². The van der Waals surface area contributed by atoms with E-state index in [1.54, 1.807) is 4.90 Å². The Labute approximate surface area is 128 Å². The van der Waals surface area contributed by atoms with Gasteiger partial charge in [0.25, 0.3) is 0 Å². The molecule has 0 aliphatic carbocycles. The van der Waals surface area contributed by atoms with Crippen molar-refractivity contribution in [2.75, 3.05) is 32.4 Å². The molecule has 1 saturated heterocycles. The molecule has 1 aliphatic heterocycles. The van der Waals surface area contributed by atoms with Crippen LogP contribution in [0.5, 0.6) is 0 Å². The van der Waals surface area contributed by atoms with Gasteiger partial charge in [-0.1, -0.05) is 17.7 Å². The van der Waals surface area contributed by atoms with Gasteiger partial charge in [0.1, 0.15) is 11.9 Å². The number of nitrogens with zero attached hydrogens (tertiary/aromatic N) is 3. The van der Waals surface area contributed by atoms with E-state index in [-0.39, 0.29) is 23.7 Å². The molecule has 1 aliphatic rings. The van der Waals surface area contributed by atoms with Gasteiger partial charge in [-0.05, 0) is 12.1 Å². The average Bonchev–Trinajstić information content (AvgIpc) is 2.42. The van der Waals surface area contributed by atoms with Crippen LogP contribution in [-0.4, -0.2) is 50.1 Å². The third-order valence-electron chi connectivity index (χ3n) is 3.50. The third-order valence-corrected chi connectivity index (χ3v) is 5.14. The molecule has 1 aromatic carbocycles. The molecule has 0 unspecified atom stereocenters. The van der Waals surface area contributed by atoms with E-state index in [2.05, 4.69) is 6.07 Å². The first kappa shape index (κ1) is 16.2. The second kappa shape index (κ2) is 6.28. The van der Waals surface area contributed by atoms with Crippen molar-refractivity contribution in [3.8, 4) is 6.07 Å². The summed E-state index contributed by atoms with van der Waals surface area (Å²) in [6, 6.07) is 5.52. The fourth-order valence-corrected chi connectivity index (χ4v) is 3.49. The topological polar surface area (TPSA) is 64.4 Å². The van der Waals surface area contributed by atoms with E-state index in [9.17, 15) is 18.1 Å². The van der Waals surface area contributed by atoms with E-state index < -0.39 is 21.9 Å². The molecule has 2 rings (SSSR count). The van der Waals surface area contributed by atoms with Crippen LogP contribution in [-0.2, 0) is 10.0 Å². The molecule has 0 saturated carbocycles. The Balaban J connectivity index is 2.20. The van der Waals surface area contributed by atoms with Gasteiger partial charge in [0, 0.05) is 36.8 Å². The number of piperazine rings is 1. The third kappa shape index (κ3) is 3.52. The van der Waals surface area contributed by atoms with E-state index in [1.165, 1.54) is 22.5 Å². The Kier molecular flexibility index (Phi) is 4.84. The van der Waals surface area contributed by atoms with Crippen molar-refractivity contribution in [1.29, 1.82) is 5.26 Å². The lowest BCUT2D eigenvalue weighted by atomic mass is 10.0. The molecule has 21 heavy (non-hydrogen) atoms. The lowest BCUT2D eigenvalue weighted by Gasteiger charge is -2.36. The van der Waals surface area contributed by atoms with Gasteiger partial charge in [0.2, 0.25) is 10.0 Å². The zero-order valence-corrected chi connectivity index (χ0v) is 13.0. The van der Waals surface area contributed by atoms with E-state index in [0.29, 0.717) is 13.1 Å². The van der Waals surface area contributed by atoms with E-state index >= 15 is 0 Å². The Bertz CT molecular complexity index is 646. The molecule has 0 bridgehead atoms. The summed E-state index contributed by atoms with van der Waals surface area (Å²) in [6.45, 7) is 1.28. The van der Waals surface area contributed by atoms with Crippen LogP contribution in [0, 0.1) is 17.1 Å². The number of sulfonamides is 1. The van der Waals surface area contributed by atoms with Crippen LogP contribution in [0.1, 0.15) is 11.6 Å². The van der Waals surface area contributed by atoms with Crippen LogP contribution in [0.4, 0.5) is 4.39 Å². The zero-order valence-electron chi connectivity index (χ0n) is 11.5. The summed E-state index contributed by atoms with van der Waals surface area (Å²) in [4.78, 5) is 1.74. The summed E-state index contributed by atoms with van der Waals surface area (Å²) in [5.41, 5.74) is 0.148. The second-order valence-electron chi connectivity index (χ2n) is 4.86. The maximum absolute atomic E-state index is 13.9. The van der Waals surface area contributed by atoms with Crippen molar-refractivity contribution < 1.29 is 12.8 Å². The van der Waals surface area contributed by atoms with Crippen molar-refractivity contribution in [1.82, 2.24) is 9.21 Å². The number of nitriles is 1. The number of hydrogen-bond donors (Lipinski definition) is 0. The molecule has 5 nitrogen and oxygen atoms in total. The molecule has 1 aromatic rings. The van der Waals surface area contributed by atoms with Crippen LogP contribution in [0.15, 0.2) is 18.2 Å². The molecule has 0 N–H and O–H groups in total. The lowest BCUT2D eigenvalue weighted by Crippen LogP contribution is -2.49. The molecule has 1 heterocycles. The fourth-order valence-electron chi connectivity index (χ4n) is 2.39. The monoisotopic (exact) mass is 331 g/mol. The van der Waals surface area contributed by atoms with Crippen molar-refractivity contribution in [3.05, 3.63) is 34.6 Å². The van der Waals surface area contributed by atoms with Crippen LogP contribution in [0.25, 0.3) is 0 Å². The largest absolute Gasteiger partial charge is 0.282 e. The van der Waals surface area contributed by atoms with Crippen LogP contribution < -0.4 is 0 Å². The minimum atomic E-state index is -3.24. The minimum Gasteiger partial charge on any atom is -0.282 e. The SMILES string of the molecule is CS(=O)(=O)N1CCN([C@H](C#N)c2c(F)cccc2Cl)CC1. The summed E-state index contributed by atoms with van der Waals surface area (Å²) in [6.07, 6.45) is 1.15. The number of hydrogen-bond acceptors (Lipinski definition) is 4. The van der Waals surface area contributed by atoms with Gasteiger partial charge in [-0.3, -0.25) is 4.90 Å². The predicted octanol–water partition coefficient (Wildman–Crippen LogP) is 1.62. The quantitative estimate of drug-likeness (QED) is 0.844. The Hall–Kier alpha value is -1.20. The normalized spacial score (nSPS) is 19.1. The molecule has 1 fully saturated rings. The van der Waals surface area contributed by atoms with Crippen molar-refractivity contribution in [2.24, 2.45) is 0 Å². The molecular formula is C13H15ClFN3O2S. The van der Waals surface area contributed by atoms with E-state index in [4.69, 9.17) is 11.6 Å². The summed E-state index contributed by atoms with van der Waals surface area (Å²) in [7, 11) is -3.24. The van der Waals surface area contributed by atoms with Gasteiger partial charge in [-0.15, -0.1) is 0 Å². The highest BCUT2D eigenvalue weighted by molar-refractivity contribution is 7.88. The van der Waals surface area contributed by atoms with Crippen LogP contribution in [0.3, 0.4) is 0 Å². The average molecular weight is 332 g/mol. The molecule has 8 heteroatoms. The van der Waals surface area contributed by atoms with Gasteiger partial charge < -0.3 is 0 Å². The number of benzene rings is 1. The Morgan fingerprint density at radius 3 is 2.43 bits per heavy atom. The highest BCUT2D eigenvalue weighted by atomic mass is 35.5. The first-order chi connectivity index (χ1) is 9.84. The smallest absolute Gasteiger partial charge is 0.211 e. The maximum Gasteiger partial charge on any atom is 0.211 e. The number of rotatable bonds is 3. The number of halogens is 2. The molecule has 0 radical (unpaired) electrons. The summed E-state index contributed by atoms with van der Waals surface area (Å²) in [5.74, 6) is -0.528. The first-order valence-electron chi connectivity index (χ1n) is 6.37. The van der Waals surface area contributed by atoms with Crippen molar-refractivity contribution in [3.63, 3.8) is 0 Å². The van der Waals surface area contributed by atoms with Crippen LogP contribution >= 0.6 is 11.6 Å². The van der Waals surface area contributed by atoms with Gasteiger partial charge >= 0.3 is 0 Å². The molecule has 0 spiro atoms. The highest BCUT2D eigenvalue weighted by Gasteiger charge is 2.30. The van der Waals surface area contributed by atoms with Gasteiger partial charge in [-0.2, -0.15) is 9.57 Å². The van der Waals surface area contributed by atoms with Gasteiger partial charge in [0.05, 0.1) is 12.3 Å². The molecular weight excluding hydrogens is 317 g/mol. The molecule has 0 aromatic heterocycles. The Morgan fingerprint density at radius 1 is 1.33 bits per heavy atom. The maximum atomic E-state index is 13.9. The predicted molar refractivity (Wildman–Crippen MR) is 77.8 cm³/mol. The standard InChI is InChI=1S/C13H15ClFN3O2S/c1-21(19,20)18-7-5-17(6-8-18)12(9-16)13-10(14)3-2-4-11(13)15/h2-4,12H,5-8H2,1H3/t12-/m1/s1. The molecule has 1 atom stereocenters. The first-order valence-corrected chi connectivity index (χ1v) is 8.60. The summed E-state index contributed by atoms with van der Waals surface area (Å²) < 4.78 is 38.2.